The number of quaternary nitrogens is 1. The van der Waals surface area contributed by atoms with Gasteiger partial charge in [0.05, 0.1) is 26.2 Å². The van der Waals surface area contributed by atoms with E-state index in [0.717, 1.165) is 10.9 Å². The smallest absolute Gasteiger partial charge is 0.338 e. The predicted molar refractivity (Wildman–Crippen MR) is 66.7 cm³/mol. The average Bonchev–Trinajstić information content (AvgIpc) is 2.66. The molecule has 100 valence electrons. The largest absolute Gasteiger partial charge is 1.00 e. The second-order valence-electron chi connectivity index (χ2n) is 5.26. The van der Waals surface area contributed by atoms with Crippen molar-refractivity contribution in [3.63, 3.8) is 0 Å². The first-order valence-electron chi connectivity index (χ1n) is 6.14. The summed E-state index contributed by atoms with van der Waals surface area (Å²) in [4.78, 5) is 11.8. The average molecular weight is 361 g/mol. The van der Waals surface area contributed by atoms with Crippen molar-refractivity contribution in [1.82, 2.24) is 0 Å². The molecular weight excluding hydrogens is 341 g/mol. The van der Waals surface area contributed by atoms with Gasteiger partial charge in [-0.05, 0) is 12.1 Å². The maximum atomic E-state index is 11.8. The van der Waals surface area contributed by atoms with Gasteiger partial charge in [0.1, 0.15) is 12.6 Å². The minimum atomic E-state index is -0.211. The van der Waals surface area contributed by atoms with Gasteiger partial charge in [0.25, 0.3) is 0 Å². The van der Waals surface area contributed by atoms with Gasteiger partial charge in [-0.3, -0.25) is 0 Å². The Morgan fingerprint density at radius 2 is 2.00 bits per heavy atom. The Bertz CT molecular complexity index is 392. The molecule has 1 saturated heterocycles. The lowest BCUT2D eigenvalue weighted by molar-refractivity contribution is -0.902. The molecule has 2 rings (SSSR count). The lowest BCUT2D eigenvalue weighted by Gasteiger charge is -2.31. The van der Waals surface area contributed by atoms with Crippen molar-refractivity contribution in [2.24, 2.45) is 0 Å². The van der Waals surface area contributed by atoms with Gasteiger partial charge >= 0.3 is 5.97 Å². The van der Waals surface area contributed by atoms with Gasteiger partial charge in [-0.2, -0.15) is 0 Å². The summed E-state index contributed by atoms with van der Waals surface area (Å²) in [6, 6.07) is 9.63. The maximum Gasteiger partial charge on any atom is 0.338 e. The van der Waals surface area contributed by atoms with Crippen molar-refractivity contribution in [1.29, 1.82) is 0 Å². The molecule has 4 heteroatoms. The minimum Gasteiger partial charge on any atom is -1.00 e. The zero-order valence-electron chi connectivity index (χ0n) is 10.9. The molecule has 1 unspecified atom stereocenters. The van der Waals surface area contributed by atoms with Crippen LogP contribution in [0.25, 0.3) is 0 Å². The SMILES string of the molecule is C[N+]1(C)CCCC1COC(=O)c1ccccc1.[I-]. The van der Waals surface area contributed by atoms with Crippen LogP contribution >= 0.6 is 0 Å². The lowest BCUT2D eigenvalue weighted by atomic mass is 10.2. The number of halogens is 1. The summed E-state index contributed by atoms with van der Waals surface area (Å²) < 4.78 is 6.35. The third-order valence-corrected chi connectivity index (χ3v) is 3.68. The number of likely N-dealkylation sites (tertiary alicyclic amines) is 1. The monoisotopic (exact) mass is 361 g/mol. The normalized spacial score (nSPS) is 21.1. The fourth-order valence-electron chi connectivity index (χ4n) is 2.38. The van der Waals surface area contributed by atoms with E-state index < -0.39 is 0 Å². The van der Waals surface area contributed by atoms with E-state index >= 15 is 0 Å². The van der Waals surface area contributed by atoms with Gasteiger partial charge in [-0.1, -0.05) is 18.2 Å². The van der Waals surface area contributed by atoms with E-state index in [2.05, 4.69) is 14.1 Å². The van der Waals surface area contributed by atoms with Crippen LogP contribution in [0.4, 0.5) is 0 Å². The first kappa shape index (κ1) is 15.4. The van der Waals surface area contributed by atoms with Gasteiger partial charge < -0.3 is 33.2 Å². The Morgan fingerprint density at radius 3 is 2.56 bits per heavy atom. The molecular formula is C14H20INO2. The summed E-state index contributed by atoms with van der Waals surface area (Å²) in [7, 11) is 4.40. The van der Waals surface area contributed by atoms with Gasteiger partial charge in [0, 0.05) is 12.8 Å². The molecule has 1 atom stereocenters. The molecule has 3 nitrogen and oxygen atoms in total. The van der Waals surface area contributed by atoms with Crippen molar-refractivity contribution in [3.05, 3.63) is 35.9 Å². The quantitative estimate of drug-likeness (QED) is 0.396. The highest BCUT2D eigenvalue weighted by molar-refractivity contribution is 5.89. The maximum absolute atomic E-state index is 11.8. The first-order valence-corrected chi connectivity index (χ1v) is 6.14. The Kier molecular flexibility index (Phi) is 5.59. The summed E-state index contributed by atoms with van der Waals surface area (Å²) in [5.41, 5.74) is 0.635. The van der Waals surface area contributed by atoms with E-state index in [4.69, 9.17) is 4.74 Å². The fraction of sp³-hybridized carbons (Fsp3) is 0.500. The van der Waals surface area contributed by atoms with Crippen LogP contribution in [0.15, 0.2) is 30.3 Å². The highest BCUT2D eigenvalue weighted by atomic mass is 127. The molecule has 0 aromatic heterocycles. The Morgan fingerprint density at radius 1 is 1.33 bits per heavy atom. The molecule has 0 saturated carbocycles. The molecule has 0 aliphatic carbocycles. The summed E-state index contributed by atoms with van der Waals surface area (Å²) in [6.07, 6.45) is 2.37. The van der Waals surface area contributed by atoms with Gasteiger partial charge in [0.15, 0.2) is 0 Å². The number of benzene rings is 1. The number of carbonyl (C=O) groups excluding carboxylic acids is 1. The number of carbonyl (C=O) groups is 1. The minimum absolute atomic E-state index is 0. The topological polar surface area (TPSA) is 26.3 Å². The number of hydrogen-bond acceptors (Lipinski definition) is 2. The van der Waals surface area contributed by atoms with E-state index in [1.165, 1.54) is 13.0 Å². The molecule has 1 aliphatic rings. The molecule has 0 bridgehead atoms. The second kappa shape index (κ2) is 6.52. The van der Waals surface area contributed by atoms with E-state index in [9.17, 15) is 4.79 Å². The number of likely N-dealkylation sites (N-methyl/N-ethyl adjacent to an activating group) is 1. The first-order chi connectivity index (χ1) is 8.09. The Hall–Kier alpha value is -0.620. The molecule has 0 radical (unpaired) electrons. The fourth-order valence-corrected chi connectivity index (χ4v) is 2.38. The molecule has 0 N–H and O–H groups in total. The van der Waals surface area contributed by atoms with Crippen LogP contribution in [0.1, 0.15) is 23.2 Å². The highest BCUT2D eigenvalue weighted by Crippen LogP contribution is 2.22. The van der Waals surface area contributed by atoms with Crippen LogP contribution < -0.4 is 24.0 Å². The summed E-state index contributed by atoms with van der Waals surface area (Å²) >= 11 is 0. The third-order valence-electron chi connectivity index (χ3n) is 3.68. The molecule has 18 heavy (non-hydrogen) atoms. The van der Waals surface area contributed by atoms with E-state index in [1.807, 2.05) is 18.2 Å². The van der Waals surface area contributed by atoms with Crippen molar-refractivity contribution in [2.45, 2.75) is 18.9 Å². The van der Waals surface area contributed by atoms with Crippen LogP contribution in [0, 0.1) is 0 Å². The van der Waals surface area contributed by atoms with Crippen molar-refractivity contribution >= 4 is 5.97 Å². The van der Waals surface area contributed by atoms with Crippen LogP contribution in [0.2, 0.25) is 0 Å². The number of esters is 1. The summed E-state index contributed by atoms with van der Waals surface area (Å²) in [5.74, 6) is -0.211. The number of hydrogen-bond donors (Lipinski definition) is 0. The van der Waals surface area contributed by atoms with E-state index in [0.29, 0.717) is 18.2 Å². The molecule has 1 aromatic rings. The Balaban J connectivity index is 0.00000162. The lowest BCUT2D eigenvalue weighted by Crippen LogP contribution is -3.00. The summed E-state index contributed by atoms with van der Waals surface area (Å²) in [6.45, 7) is 1.70. The third kappa shape index (κ3) is 3.68. The number of ether oxygens (including phenoxy) is 1. The van der Waals surface area contributed by atoms with Crippen LogP contribution in [0.5, 0.6) is 0 Å². The number of nitrogens with zero attached hydrogens (tertiary/aromatic N) is 1. The van der Waals surface area contributed by atoms with Crippen LogP contribution in [0.3, 0.4) is 0 Å². The standard InChI is InChI=1S/C14H20NO2.HI/c1-15(2)10-6-9-13(15)11-17-14(16)12-7-4-3-5-8-12;/h3-5,7-8,13H,6,9-11H2,1-2H3;1H/q+1;/p-1. The second-order valence-corrected chi connectivity index (χ2v) is 5.26. The molecule has 1 aromatic carbocycles. The van der Waals surface area contributed by atoms with Crippen molar-refractivity contribution in [2.75, 3.05) is 27.2 Å². The van der Waals surface area contributed by atoms with Gasteiger partial charge in [-0.25, -0.2) is 4.79 Å². The van der Waals surface area contributed by atoms with Crippen molar-refractivity contribution in [3.8, 4) is 0 Å². The predicted octanol–water partition coefficient (Wildman–Crippen LogP) is -0.914. The zero-order chi connectivity index (χ0) is 12.3. The van der Waals surface area contributed by atoms with Crippen LogP contribution in [-0.2, 0) is 4.74 Å². The number of rotatable bonds is 3. The molecule has 0 amide bonds. The molecule has 0 spiro atoms. The van der Waals surface area contributed by atoms with E-state index in [1.54, 1.807) is 12.1 Å². The van der Waals surface area contributed by atoms with Crippen LogP contribution in [-0.4, -0.2) is 43.7 Å². The summed E-state index contributed by atoms with van der Waals surface area (Å²) in [5, 5.41) is 0. The molecule has 1 fully saturated rings. The zero-order valence-corrected chi connectivity index (χ0v) is 13.1. The van der Waals surface area contributed by atoms with E-state index in [-0.39, 0.29) is 29.9 Å². The van der Waals surface area contributed by atoms with Gasteiger partial charge in [0.2, 0.25) is 0 Å². The molecule has 1 heterocycles. The van der Waals surface area contributed by atoms with Crippen molar-refractivity contribution < 1.29 is 38.0 Å². The molecule has 1 aliphatic heterocycles. The highest BCUT2D eigenvalue weighted by Gasteiger charge is 2.34. The Labute approximate surface area is 126 Å². The van der Waals surface area contributed by atoms with Gasteiger partial charge in [-0.15, -0.1) is 0 Å².